The molecule has 0 nitrogen and oxygen atoms in total. The van der Waals surface area contributed by atoms with E-state index in [1.807, 2.05) is 0 Å². The lowest BCUT2D eigenvalue weighted by atomic mass is 9.89. The third kappa shape index (κ3) is 4.47. The summed E-state index contributed by atoms with van der Waals surface area (Å²) in [6.45, 7) is 6.80. The van der Waals surface area contributed by atoms with Crippen LogP contribution in [0.1, 0.15) is 69.9 Å². The number of benzene rings is 2. The Kier molecular flexibility index (Phi) is 6.71. The zero-order valence-corrected chi connectivity index (χ0v) is 14.4. The van der Waals surface area contributed by atoms with E-state index in [-0.39, 0.29) is 0 Å². The van der Waals surface area contributed by atoms with Crippen LogP contribution in [-0.2, 0) is 6.42 Å². The Morgan fingerprint density at radius 1 is 0.636 bits per heavy atom. The maximum atomic E-state index is 2.34. The first-order chi connectivity index (χ1) is 10.8. The van der Waals surface area contributed by atoms with Crippen LogP contribution in [0.5, 0.6) is 0 Å². The van der Waals surface area contributed by atoms with E-state index in [0.717, 1.165) is 5.92 Å². The average Bonchev–Trinajstić information content (AvgIpc) is 2.56. The van der Waals surface area contributed by atoms with Crippen molar-refractivity contribution in [1.29, 1.82) is 0 Å². The molecule has 0 spiro atoms. The molecular formula is C22H30. The molecule has 0 aliphatic heterocycles. The van der Waals surface area contributed by atoms with Crippen LogP contribution in [0.15, 0.2) is 48.5 Å². The fourth-order valence-electron chi connectivity index (χ4n) is 3.27. The molecular weight excluding hydrogens is 264 g/mol. The molecule has 0 saturated carbocycles. The van der Waals surface area contributed by atoms with E-state index in [0.29, 0.717) is 0 Å². The summed E-state index contributed by atoms with van der Waals surface area (Å²) >= 11 is 0. The molecule has 0 heterocycles. The molecule has 0 fully saturated rings. The molecule has 0 aliphatic rings. The van der Waals surface area contributed by atoms with Gasteiger partial charge in [0, 0.05) is 0 Å². The maximum absolute atomic E-state index is 2.34. The van der Waals surface area contributed by atoms with Crippen molar-refractivity contribution in [3.05, 3.63) is 59.7 Å². The van der Waals surface area contributed by atoms with Crippen LogP contribution in [0.3, 0.4) is 0 Å². The lowest BCUT2D eigenvalue weighted by Crippen LogP contribution is -1.98. The molecule has 2 aromatic rings. The van der Waals surface area contributed by atoms with Gasteiger partial charge in [0.25, 0.3) is 0 Å². The van der Waals surface area contributed by atoms with Gasteiger partial charge in [0.05, 0.1) is 0 Å². The summed E-state index contributed by atoms with van der Waals surface area (Å²) in [6.07, 6.45) is 7.54. The summed E-state index contributed by atoms with van der Waals surface area (Å²) < 4.78 is 0. The fraction of sp³-hybridized carbons (Fsp3) is 0.455. The minimum Gasteiger partial charge on any atom is -0.0654 e. The predicted octanol–water partition coefficient (Wildman–Crippen LogP) is 6.99. The summed E-state index contributed by atoms with van der Waals surface area (Å²) in [5, 5.41) is 0. The second kappa shape index (κ2) is 8.78. The van der Waals surface area contributed by atoms with Gasteiger partial charge in [0.15, 0.2) is 0 Å². The second-order valence-corrected chi connectivity index (χ2v) is 6.34. The van der Waals surface area contributed by atoms with Gasteiger partial charge in [-0.1, -0.05) is 88.6 Å². The van der Waals surface area contributed by atoms with Crippen molar-refractivity contribution in [2.45, 2.75) is 65.2 Å². The van der Waals surface area contributed by atoms with Crippen molar-refractivity contribution in [3.8, 4) is 11.1 Å². The summed E-state index contributed by atoms with van der Waals surface area (Å²) in [5.74, 6) is 0.732. The van der Waals surface area contributed by atoms with Gasteiger partial charge in [-0.15, -0.1) is 0 Å². The highest BCUT2D eigenvalue weighted by atomic mass is 14.1. The molecule has 0 N–H and O–H groups in total. The smallest absolute Gasteiger partial charge is 0.0162 e. The average molecular weight is 294 g/mol. The van der Waals surface area contributed by atoms with Crippen LogP contribution in [0.4, 0.5) is 0 Å². The molecule has 0 aliphatic carbocycles. The first-order valence-corrected chi connectivity index (χ1v) is 8.97. The predicted molar refractivity (Wildman–Crippen MR) is 98.4 cm³/mol. The highest BCUT2D eigenvalue weighted by Crippen LogP contribution is 2.28. The van der Waals surface area contributed by atoms with Crippen molar-refractivity contribution in [2.24, 2.45) is 0 Å². The Bertz CT molecular complexity index is 527. The third-order valence-corrected chi connectivity index (χ3v) is 4.48. The highest BCUT2D eigenvalue weighted by Gasteiger charge is 2.09. The minimum absolute atomic E-state index is 0.732. The SMILES string of the molecule is CCCc1ccc(-c2ccc(C(CCC)CCC)cc2)cc1. The molecule has 2 aromatic carbocycles. The molecule has 0 unspecified atom stereocenters. The maximum Gasteiger partial charge on any atom is -0.0162 e. The summed E-state index contributed by atoms with van der Waals surface area (Å²) in [6, 6.07) is 18.3. The molecule has 0 bridgehead atoms. The highest BCUT2D eigenvalue weighted by molar-refractivity contribution is 5.64. The van der Waals surface area contributed by atoms with Crippen LogP contribution < -0.4 is 0 Å². The Morgan fingerprint density at radius 3 is 1.59 bits per heavy atom. The summed E-state index contributed by atoms with van der Waals surface area (Å²) in [5.41, 5.74) is 5.61. The Hall–Kier alpha value is -1.56. The van der Waals surface area contributed by atoms with Gasteiger partial charge in [-0.2, -0.15) is 0 Å². The van der Waals surface area contributed by atoms with E-state index in [2.05, 4.69) is 69.3 Å². The minimum atomic E-state index is 0.732. The quantitative estimate of drug-likeness (QED) is 0.492. The fourth-order valence-corrected chi connectivity index (χ4v) is 3.27. The van der Waals surface area contributed by atoms with Gasteiger partial charge in [-0.25, -0.2) is 0 Å². The number of aryl methyl sites for hydroxylation is 1. The molecule has 22 heavy (non-hydrogen) atoms. The van der Waals surface area contributed by atoms with E-state index < -0.39 is 0 Å². The van der Waals surface area contributed by atoms with Gasteiger partial charge in [-0.05, 0) is 47.4 Å². The van der Waals surface area contributed by atoms with Gasteiger partial charge >= 0.3 is 0 Å². The zero-order valence-electron chi connectivity index (χ0n) is 14.4. The molecule has 0 heteroatoms. The van der Waals surface area contributed by atoms with E-state index in [1.54, 1.807) is 0 Å². The second-order valence-electron chi connectivity index (χ2n) is 6.34. The van der Waals surface area contributed by atoms with Crippen molar-refractivity contribution in [3.63, 3.8) is 0 Å². The van der Waals surface area contributed by atoms with Gasteiger partial charge in [0.2, 0.25) is 0 Å². The van der Waals surface area contributed by atoms with Gasteiger partial charge in [0.1, 0.15) is 0 Å². The van der Waals surface area contributed by atoms with Crippen LogP contribution in [0, 0.1) is 0 Å². The number of hydrogen-bond acceptors (Lipinski definition) is 0. The lowest BCUT2D eigenvalue weighted by Gasteiger charge is -2.16. The normalized spacial score (nSPS) is 11.1. The molecule has 0 aromatic heterocycles. The lowest BCUT2D eigenvalue weighted by molar-refractivity contribution is 0.561. The van der Waals surface area contributed by atoms with Crippen LogP contribution in [0.25, 0.3) is 11.1 Å². The number of hydrogen-bond donors (Lipinski definition) is 0. The number of rotatable bonds is 8. The standard InChI is InChI=1S/C22H30/c1-4-7-18-10-12-20(13-11-18)22-16-14-21(15-17-22)19(8-5-2)9-6-3/h10-17,19H,4-9H2,1-3H3. The molecule has 118 valence electrons. The van der Waals surface area contributed by atoms with Crippen molar-refractivity contribution in [1.82, 2.24) is 0 Å². The monoisotopic (exact) mass is 294 g/mol. The van der Waals surface area contributed by atoms with E-state index in [1.165, 1.54) is 60.8 Å². The topological polar surface area (TPSA) is 0 Å². The summed E-state index contributed by atoms with van der Waals surface area (Å²) in [4.78, 5) is 0. The molecule has 0 radical (unpaired) electrons. The van der Waals surface area contributed by atoms with Gasteiger partial charge in [-0.3, -0.25) is 0 Å². The van der Waals surface area contributed by atoms with Crippen LogP contribution >= 0.6 is 0 Å². The van der Waals surface area contributed by atoms with E-state index in [9.17, 15) is 0 Å². The third-order valence-electron chi connectivity index (χ3n) is 4.48. The van der Waals surface area contributed by atoms with Crippen LogP contribution in [-0.4, -0.2) is 0 Å². The Labute approximate surface area is 136 Å². The van der Waals surface area contributed by atoms with Gasteiger partial charge < -0.3 is 0 Å². The van der Waals surface area contributed by atoms with Crippen molar-refractivity contribution < 1.29 is 0 Å². The Balaban J connectivity index is 2.13. The van der Waals surface area contributed by atoms with E-state index in [4.69, 9.17) is 0 Å². The first-order valence-electron chi connectivity index (χ1n) is 8.97. The summed E-state index contributed by atoms with van der Waals surface area (Å²) in [7, 11) is 0. The van der Waals surface area contributed by atoms with Crippen molar-refractivity contribution >= 4 is 0 Å². The molecule has 0 atom stereocenters. The molecule has 2 rings (SSSR count). The largest absolute Gasteiger partial charge is 0.0654 e. The molecule has 0 saturated heterocycles. The van der Waals surface area contributed by atoms with Crippen molar-refractivity contribution in [2.75, 3.05) is 0 Å². The molecule has 0 amide bonds. The zero-order chi connectivity index (χ0) is 15.8. The van der Waals surface area contributed by atoms with E-state index >= 15 is 0 Å². The Morgan fingerprint density at radius 2 is 1.14 bits per heavy atom. The van der Waals surface area contributed by atoms with Crippen LogP contribution in [0.2, 0.25) is 0 Å². The first kappa shape index (κ1) is 16.8.